The first-order valence-electron chi connectivity index (χ1n) is 32.0. The van der Waals surface area contributed by atoms with E-state index in [4.69, 9.17) is 10.5 Å². The van der Waals surface area contributed by atoms with Crippen LogP contribution in [0.2, 0.25) is 0 Å². The van der Waals surface area contributed by atoms with E-state index in [1.807, 2.05) is 32.2 Å². The smallest absolute Gasteiger partial charge is 0.163 e. The number of anilines is 1. The summed E-state index contributed by atoms with van der Waals surface area (Å²) in [5, 5.41) is 55.3. The average molecular weight is 1070 g/mol. The van der Waals surface area contributed by atoms with Crippen molar-refractivity contribution >= 4 is 17.3 Å². The number of nitrogens with one attached hydrogen (secondary N) is 2. The fourth-order valence-corrected chi connectivity index (χ4v) is 23.3. The van der Waals surface area contributed by atoms with Crippen LogP contribution in [0.1, 0.15) is 204 Å². The summed E-state index contributed by atoms with van der Waals surface area (Å²) in [5.74, 6) is 2.89. The van der Waals surface area contributed by atoms with Gasteiger partial charge in [-0.25, -0.2) is 0 Å². The molecule has 8 N–H and O–H groups in total. The molecule has 5 bridgehead atoms. The summed E-state index contributed by atoms with van der Waals surface area (Å²) in [7, 11) is 1.94. The molecule has 0 unspecified atom stereocenters. The van der Waals surface area contributed by atoms with Gasteiger partial charge in [-0.15, -0.1) is 0 Å². The Morgan fingerprint density at radius 1 is 0.846 bits per heavy atom. The van der Waals surface area contributed by atoms with Crippen LogP contribution in [-0.4, -0.2) is 81.6 Å². The van der Waals surface area contributed by atoms with Gasteiger partial charge in [0.05, 0.1) is 17.3 Å². The summed E-state index contributed by atoms with van der Waals surface area (Å²) >= 11 is 0. The van der Waals surface area contributed by atoms with Crippen LogP contribution < -0.4 is 16.4 Å². The number of Topliss-reactive ketones (excluding diaryl/α,β-unsaturated/α-hetero) is 2. The minimum Gasteiger partial charge on any atom is -0.508 e. The Labute approximate surface area is 466 Å². The predicted octanol–water partition coefficient (Wildman–Crippen LogP) is 11.5. The molecule has 10 heteroatoms. The number of ether oxygens (including phenoxy) is 1. The molecular formula is C68H97N3O7. The van der Waals surface area contributed by atoms with Crippen molar-refractivity contribution < 1.29 is 34.8 Å². The summed E-state index contributed by atoms with van der Waals surface area (Å²) < 4.78 is 6.87. The lowest BCUT2D eigenvalue weighted by molar-refractivity contribution is -0.259. The van der Waals surface area contributed by atoms with Crippen LogP contribution in [0.5, 0.6) is 5.75 Å². The standard InChI is InChI=1S/C68H97N3O7/c1-63(77)26-8-9-27-64(2)60-55(71-38-63)35-68-45-21-20-41-19-18-39(37-72)30-49(41)50(33-56(74)62-66(4,78-62)52-17-11-16-48(52)42-12-10-15-46(69)31-42)58-53(65(68,3)54(23-22-45)59(58)75)24-25-57(68)67(60,44-13-6-7-14-44)34-51(61(64)76)43-28-40(36-70-5)29-47(73)32-43/h10,12,15,28-29,31-32,39,41,44-45,48-52,54-57,60,62,70-74,77H,6-9,11,13-14,16-27,30,33-38,69H2,1-5H3/t39-,41-,45+,48-,49+,50+,51-,52+,54+,55+,56-,57-,60+,62-,63-,64-,65-,66-,67-,68-/m1/s1. The summed E-state index contributed by atoms with van der Waals surface area (Å²) in [6.45, 7) is 10.5. The number of epoxide rings is 1. The van der Waals surface area contributed by atoms with Gasteiger partial charge in [-0.1, -0.05) is 69.7 Å². The molecule has 2 aromatic rings. The van der Waals surface area contributed by atoms with Gasteiger partial charge < -0.3 is 41.5 Å². The van der Waals surface area contributed by atoms with Crippen LogP contribution in [0.15, 0.2) is 53.6 Å². The van der Waals surface area contributed by atoms with Crippen molar-refractivity contribution in [3.63, 3.8) is 0 Å². The molecular weight excluding hydrogens is 971 g/mol. The molecule has 1 spiro atoms. The number of fused-ring (bicyclic) bond motifs is 2. The number of aliphatic hydroxyl groups is 3. The van der Waals surface area contributed by atoms with E-state index in [2.05, 4.69) is 55.7 Å². The van der Waals surface area contributed by atoms with Gasteiger partial charge in [0.15, 0.2) is 5.78 Å². The van der Waals surface area contributed by atoms with Gasteiger partial charge in [0.1, 0.15) is 17.6 Å². The SMILES string of the molecule is CNCc1cc(O)cc([C@H]2C[C@@]3(C4CCCC4)[C@H]4CCC5=C6C(=O)[C@@H]7CC[C@H](CC[C@H]8CC[C@@H](CO)C[C@@H]8[C@@H]6C[C@@H](O)[C@H]6O[C@]6(C)[C@H]6CCC[C@@H]6c6cccc(N)c6)[C@@]4(C[C@@H]4NC[C@](C)(O)CCCC[C@@](C)(C2=O)[C@H]43)[C@]57C)c1. The molecule has 426 valence electrons. The van der Waals surface area contributed by atoms with Crippen LogP contribution in [0, 0.1) is 80.8 Å². The lowest BCUT2D eigenvalue weighted by Gasteiger charge is -2.77. The summed E-state index contributed by atoms with van der Waals surface area (Å²) in [4.78, 5) is 32.8. The Hall–Kier alpha value is -3.12. The number of hydrogen-bond acceptors (Lipinski definition) is 10. The lowest BCUT2D eigenvalue weighted by Crippen LogP contribution is -2.75. The van der Waals surface area contributed by atoms with Gasteiger partial charge in [-0.2, -0.15) is 0 Å². The number of rotatable bonds is 10. The van der Waals surface area contributed by atoms with E-state index in [1.165, 1.54) is 24.0 Å². The summed E-state index contributed by atoms with van der Waals surface area (Å²) in [6.07, 6.45) is 21.3. The number of hydrogen-bond donors (Lipinski definition) is 7. The Kier molecular flexibility index (Phi) is 13.7. The van der Waals surface area contributed by atoms with Crippen molar-refractivity contribution in [3.8, 4) is 5.75 Å². The van der Waals surface area contributed by atoms with Crippen molar-refractivity contribution in [1.82, 2.24) is 10.6 Å². The van der Waals surface area contributed by atoms with Crippen molar-refractivity contribution in [1.29, 1.82) is 0 Å². The first kappa shape index (κ1) is 54.1. The topological polar surface area (TPSA) is 178 Å². The lowest BCUT2D eigenvalue weighted by atomic mass is 9.27. The number of β-amino-alcohol motifs (C(OH)–C–C–N with tert-alkyl or cyclic N) is 1. The van der Waals surface area contributed by atoms with Gasteiger partial charge in [-0.3, -0.25) is 9.59 Å². The molecule has 7 saturated carbocycles. The normalized spacial score (nSPS) is 46.6. The number of allylic oxidation sites excluding steroid dienone is 2. The minimum atomic E-state index is -0.885. The highest BCUT2D eigenvalue weighted by atomic mass is 16.6. The van der Waals surface area contributed by atoms with E-state index < -0.39 is 28.1 Å². The number of phenols is 1. The second-order valence-corrected chi connectivity index (χ2v) is 29.7. The van der Waals surface area contributed by atoms with Crippen LogP contribution >= 0.6 is 0 Å². The van der Waals surface area contributed by atoms with E-state index in [-0.39, 0.29) is 76.8 Å². The van der Waals surface area contributed by atoms with Gasteiger partial charge >= 0.3 is 0 Å². The zero-order valence-electron chi connectivity index (χ0n) is 48.2. The van der Waals surface area contributed by atoms with E-state index in [0.29, 0.717) is 67.1 Å². The van der Waals surface area contributed by atoms with E-state index in [1.54, 1.807) is 0 Å². The number of carbonyl (C=O) groups is 2. The van der Waals surface area contributed by atoms with Gasteiger partial charge in [0, 0.05) is 54.1 Å². The molecule has 10 nitrogen and oxygen atoms in total. The molecule has 2 aliphatic heterocycles. The summed E-state index contributed by atoms with van der Waals surface area (Å²) in [6, 6.07) is 14.4. The van der Waals surface area contributed by atoms with Crippen molar-refractivity contribution in [3.05, 3.63) is 70.3 Å². The van der Waals surface area contributed by atoms with Crippen molar-refractivity contribution in [2.24, 2.45) is 80.8 Å². The highest BCUT2D eigenvalue weighted by Crippen LogP contribution is 2.83. The minimum absolute atomic E-state index is 0.0216. The second kappa shape index (κ2) is 19.8. The first-order valence-corrected chi connectivity index (χ1v) is 32.0. The number of nitrogens with two attached hydrogens (primary N) is 1. The van der Waals surface area contributed by atoms with Gasteiger partial charge in [-0.05, 0) is 253 Å². The maximum Gasteiger partial charge on any atom is 0.163 e. The molecule has 9 aliphatic carbocycles. The summed E-state index contributed by atoms with van der Waals surface area (Å²) in [5.41, 5.74) is 10.0. The fourth-order valence-electron chi connectivity index (χ4n) is 23.3. The number of carbonyl (C=O) groups excluding carboxylic acids is 2. The van der Waals surface area contributed by atoms with E-state index >= 15 is 9.59 Å². The first-order chi connectivity index (χ1) is 37.4. The highest BCUT2D eigenvalue weighted by molar-refractivity contribution is 6.03. The molecule has 0 amide bonds. The Morgan fingerprint density at radius 3 is 2.41 bits per heavy atom. The van der Waals surface area contributed by atoms with Crippen molar-refractivity contribution in [2.75, 3.05) is 25.9 Å². The second-order valence-electron chi connectivity index (χ2n) is 29.7. The van der Waals surface area contributed by atoms with Crippen LogP contribution in [0.4, 0.5) is 5.69 Å². The number of phenolic OH excluding ortho intramolecular Hbond substituents is 1. The molecule has 2 aromatic carbocycles. The molecule has 13 rings (SSSR count). The Morgan fingerprint density at radius 2 is 1.63 bits per heavy atom. The Bertz CT molecular complexity index is 2680. The quantitative estimate of drug-likeness (QED) is 0.0895. The predicted molar refractivity (Wildman–Crippen MR) is 305 cm³/mol. The number of aliphatic hydroxyl groups excluding tert-OH is 2. The number of benzene rings is 2. The van der Waals surface area contributed by atoms with Crippen LogP contribution in [0.3, 0.4) is 0 Å². The fraction of sp³-hybridized carbons (Fsp3) is 0.765. The molecule has 11 aliphatic rings. The zero-order chi connectivity index (χ0) is 54.3. The molecule has 0 radical (unpaired) electrons. The van der Waals surface area contributed by atoms with Gasteiger partial charge in [0.2, 0.25) is 0 Å². The number of nitrogen functional groups attached to an aromatic ring is 1. The van der Waals surface area contributed by atoms with Crippen LogP contribution in [-0.2, 0) is 20.9 Å². The van der Waals surface area contributed by atoms with Gasteiger partial charge in [0.25, 0.3) is 0 Å². The Balaban J connectivity index is 0.969. The third-order valence-corrected chi connectivity index (χ3v) is 26.2. The third-order valence-electron chi connectivity index (χ3n) is 26.2. The molecule has 2 saturated heterocycles. The number of aromatic hydroxyl groups is 1. The average Bonchev–Trinajstić information content (AvgIpc) is 1.77. The molecule has 2 heterocycles. The molecule has 20 atom stereocenters. The zero-order valence-corrected chi connectivity index (χ0v) is 48.2. The monoisotopic (exact) mass is 1070 g/mol. The maximum atomic E-state index is 16.6. The van der Waals surface area contributed by atoms with E-state index in [9.17, 15) is 20.4 Å². The third kappa shape index (κ3) is 8.08. The maximum absolute atomic E-state index is 16.6. The van der Waals surface area contributed by atoms with E-state index in [0.717, 1.165) is 144 Å². The van der Waals surface area contributed by atoms with Crippen molar-refractivity contribution in [2.45, 2.75) is 223 Å². The largest absolute Gasteiger partial charge is 0.508 e. The van der Waals surface area contributed by atoms with Crippen LogP contribution in [0.25, 0.3) is 0 Å². The highest BCUT2D eigenvalue weighted by Gasteiger charge is 2.79. The number of ketones is 2. The molecule has 0 aromatic heterocycles. The molecule has 9 fully saturated rings. The molecule has 78 heavy (non-hydrogen) atoms.